The molecular weight excluding hydrogens is 408 g/mol. The summed E-state index contributed by atoms with van der Waals surface area (Å²) in [4.78, 5) is 0. The number of allylic oxidation sites excluding steroid dienone is 2. The van der Waals surface area contributed by atoms with Gasteiger partial charge < -0.3 is 10.6 Å². The molecule has 0 amide bonds. The van der Waals surface area contributed by atoms with E-state index in [0.29, 0.717) is 0 Å². The Hall–Kier alpha value is 1.41. The third kappa shape index (κ3) is 26.1. The Morgan fingerprint density at radius 1 is 1.06 bits per heavy atom. The van der Waals surface area contributed by atoms with E-state index in [2.05, 4.69) is 62.0 Å². The van der Waals surface area contributed by atoms with Crippen molar-refractivity contribution in [3.63, 3.8) is 0 Å². The summed E-state index contributed by atoms with van der Waals surface area (Å²) in [6.07, 6.45) is 12.2. The van der Waals surface area contributed by atoms with Crippen molar-refractivity contribution >= 4 is 20.3 Å². The van der Waals surface area contributed by atoms with Gasteiger partial charge in [-0.15, -0.1) is 0 Å². The standard InChI is InChI=1S/C5H11N.C5H7N.4ClH.2Co/c2*1-2-4-6-5-3-1;;;;;;/h6H,1-5H2;1-4,6H,5H2;4*1H;;/q;;;;;;+2;+3/p-2. The number of halogens is 4. The Kier molecular flexibility index (Phi) is 25.0. The van der Waals surface area contributed by atoms with Gasteiger partial charge in [0.15, 0.2) is 0 Å². The Morgan fingerprint density at radius 2 is 1.61 bits per heavy atom. The first-order valence-corrected chi connectivity index (χ1v) is 11.2. The fraction of sp³-hybridized carbons (Fsp3) is 0.600. The molecule has 0 aliphatic carbocycles. The van der Waals surface area contributed by atoms with Crippen molar-refractivity contribution in [2.45, 2.75) is 19.3 Å². The van der Waals surface area contributed by atoms with E-state index in [0.717, 1.165) is 6.54 Å². The van der Waals surface area contributed by atoms with Crippen molar-refractivity contribution in [3.05, 3.63) is 24.4 Å². The van der Waals surface area contributed by atoms with Crippen molar-refractivity contribution in [2.75, 3.05) is 19.6 Å². The van der Waals surface area contributed by atoms with Crippen LogP contribution >= 0.6 is 20.3 Å². The predicted octanol–water partition coefficient (Wildman–Crippen LogP) is 2.26. The number of rotatable bonds is 0. The summed E-state index contributed by atoms with van der Waals surface area (Å²) in [6.45, 7) is 3.48. The molecule has 0 bridgehead atoms. The zero-order valence-corrected chi connectivity index (χ0v) is 15.0. The minimum absolute atomic E-state index is 0.965. The van der Waals surface area contributed by atoms with Crippen molar-refractivity contribution in [3.8, 4) is 0 Å². The molecule has 8 heteroatoms. The van der Waals surface area contributed by atoms with Crippen LogP contribution in [0.5, 0.6) is 0 Å². The summed E-state index contributed by atoms with van der Waals surface area (Å²) < 4.78 is 0. The Morgan fingerprint density at radius 3 is 1.72 bits per heavy atom. The second kappa shape index (κ2) is 20.7. The van der Waals surface area contributed by atoms with Crippen molar-refractivity contribution < 1.29 is 46.1 Å². The summed E-state index contributed by atoms with van der Waals surface area (Å²) in [5.74, 6) is 0. The SMILES string of the molecule is C1=CCNC=C1.C1CCNCC1.[Cl][Co+].[Cl][Co]([ClH+])[ClH+]. The maximum atomic E-state index is 4.97. The van der Waals surface area contributed by atoms with Crippen molar-refractivity contribution in [2.24, 2.45) is 0 Å². The van der Waals surface area contributed by atoms with Gasteiger partial charge in [-0.3, -0.25) is 0 Å². The molecular formula is C10H20Cl4Co2N2+3. The van der Waals surface area contributed by atoms with Crippen LogP contribution < -0.4 is 10.6 Å². The summed E-state index contributed by atoms with van der Waals surface area (Å²) in [5, 5.41) is 6.30. The first-order chi connectivity index (χ1) is 8.73. The van der Waals surface area contributed by atoms with E-state index in [1.165, 1.54) is 32.4 Å². The zero-order chi connectivity index (χ0) is 14.1. The van der Waals surface area contributed by atoms with Gasteiger partial charge in [0, 0.05) is 6.54 Å². The third-order valence-electron chi connectivity index (χ3n) is 1.90. The number of hydrogen-bond acceptors (Lipinski definition) is 2. The van der Waals surface area contributed by atoms with Crippen LogP contribution in [0.3, 0.4) is 0 Å². The molecule has 0 atom stereocenters. The molecule has 0 radical (unpaired) electrons. The van der Waals surface area contributed by atoms with Crippen LogP contribution in [-0.4, -0.2) is 19.6 Å². The molecule has 2 nitrogen and oxygen atoms in total. The van der Waals surface area contributed by atoms with E-state index in [1.807, 2.05) is 18.4 Å². The van der Waals surface area contributed by atoms with Gasteiger partial charge in [-0.1, -0.05) is 18.6 Å². The summed E-state index contributed by atoms with van der Waals surface area (Å²) in [7, 11) is 16.9. The fourth-order valence-electron chi connectivity index (χ4n) is 1.21. The van der Waals surface area contributed by atoms with Crippen LogP contribution in [0, 0.1) is 20.3 Å². The number of nitrogens with one attached hydrogen (secondary N) is 2. The van der Waals surface area contributed by atoms with E-state index in [9.17, 15) is 0 Å². The van der Waals surface area contributed by atoms with E-state index in [4.69, 9.17) is 10.1 Å². The zero-order valence-electron chi connectivity index (χ0n) is 9.79. The van der Waals surface area contributed by atoms with Gasteiger partial charge in [-0.25, -0.2) is 0 Å². The van der Waals surface area contributed by atoms with Gasteiger partial charge >= 0.3 is 66.4 Å². The molecule has 113 valence electrons. The topological polar surface area (TPSA) is 24.1 Å². The second-order valence-corrected chi connectivity index (χ2v) is 8.88. The summed E-state index contributed by atoms with van der Waals surface area (Å²) >= 11 is 3.03. The molecule has 0 spiro atoms. The van der Waals surface area contributed by atoms with Gasteiger partial charge in [0.2, 0.25) is 0 Å². The van der Waals surface area contributed by atoms with E-state index < -0.39 is 10.9 Å². The van der Waals surface area contributed by atoms with Crippen LogP contribution in [0.1, 0.15) is 19.3 Å². The molecule has 2 aliphatic heterocycles. The average molecular weight is 428 g/mol. The Labute approximate surface area is 139 Å². The summed E-state index contributed by atoms with van der Waals surface area (Å²) in [5.41, 5.74) is 0. The Bertz CT molecular complexity index is 174. The molecule has 18 heavy (non-hydrogen) atoms. The van der Waals surface area contributed by atoms with Crippen LogP contribution in [0.15, 0.2) is 24.4 Å². The number of hydrogen-bond donors (Lipinski definition) is 2. The molecule has 1 fully saturated rings. The van der Waals surface area contributed by atoms with Gasteiger partial charge in [0.25, 0.3) is 0 Å². The molecule has 1 saturated heterocycles. The molecule has 0 aromatic heterocycles. The van der Waals surface area contributed by atoms with E-state index in [1.54, 1.807) is 0 Å². The van der Waals surface area contributed by atoms with Crippen LogP contribution in [0.25, 0.3) is 0 Å². The average Bonchev–Trinajstić information content (AvgIpc) is 2.45. The molecule has 2 aliphatic rings. The first kappa shape index (κ1) is 21.7. The van der Waals surface area contributed by atoms with E-state index in [-0.39, 0.29) is 0 Å². The van der Waals surface area contributed by atoms with Gasteiger partial charge in [0.05, 0.1) is 0 Å². The molecule has 0 aromatic rings. The van der Waals surface area contributed by atoms with E-state index >= 15 is 0 Å². The number of piperidine rings is 1. The maximum absolute atomic E-state index is 4.97. The monoisotopic (exact) mass is 426 g/mol. The molecule has 0 saturated carbocycles. The van der Waals surface area contributed by atoms with Gasteiger partial charge in [-0.2, -0.15) is 0 Å². The Balaban J connectivity index is 0. The third-order valence-corrected chi connectivity index (χ3v) is 1.90. The van der Waals surface area contributed by atoms with Crippen molar-refractivity contribution in [1.29, 1.82) is 0 Å². The van der Waals surface area contributed by atoms with Gasteiger partial charge in [0.1, 0.15) is 0 Å². The predicted molar refractivity (Wildman–Crippen MR) is 67.5 cm³/mol. The second-order valence-electron chi connectivity index (χ2n) is 3.16. The van der Waals surface area contributed by atoms with Crippen LogP contribution in [-0.2, 0) is 25.8 Å². The molecule has 2 heterocycles. The quantitative estimate of drug-likeness (QED) is 0.619. The van der Waals surface area contributed by atoms with Gasteiger partial charge in [-0.05, 0) is 38.2 Å². The number of dihydropyridines is 1. The molecule has 2 N–H and O–H groups in total. The van der Waals surface area contributed by atoms with Crippen molar-refractivity contribution in [1.82, 2.24) is 10.6 Å². The molecule has 2 rings (SSSR count). The van der Waals surface area contributed by atoms with Crippen LogP contribution in [0.4, 0.5) is 0 Å². The minimum atomic E-state index is -0.965. The first-order valence-electron chi connectivity index (χ1n) is 5.28. The normalized spacial score (nSPS) is 16.6. The molecule has 0 aromatic carbocycles. The fourth-order valence-corrected chi connectivity index (χ4v) is 1.21. The molecule has 0 unspecified atom stereocenters. The van der Waals surface area contributed by atoms with Crippen LogP contribution in [0.2, 0.25) is 0 Å². The summed E-state index contributed by atoms with van der Waals surface area (Å²) in [6, 6.07) is 0.